The third-order valence-electron chi connectivity index (χ3n) is 6.16. The molecule has 0 aromatic heterocycles. The number of anilines is 2. The Morgan fingerprint density at radius 1 is 0.909 bits per heavy atom. The van der Waals surface area contributed by atoms with Gasteiger partial charge < -0.3 is 0 Å². The van der Waals surface area contributed by atoms with E-state index in [2.05, 4.69) is 0 Å². The van der Waals surface area contributed by atoms with E-state index in [1.807, 2.05) is 56.3 Å². The van der Waals surface area contributed by atoms with E-state index in [1.54, 1.807) is 23.3 Å². The molecule has 166 valence electrons. The Morgan fingerprint density at radius 2 is 1.61 bits per heavy atom. The highest BCUT2D eigenvalue weighted by molar-refractivity contribution is 6.24. The van der Waals surface area contributed by atoms with Crippen LogP contribution in [-0.4, -0.2) is 22.8 Å². The van der Waals surface area contributed by atoms with Crippen molar-refractivity contribution in [3.8, 4) is 0 Å². The maximum atomic E-state index is 13.7. The van der Waals surface area contributed by atoms with Gasteiger partial charge in [-0.2, -0.15) is 0 Å². The zero-order chi connectivity index (χ0) is 23.3. The van der Waals surface area contributed by atoms with Crippen LogP contribution in [0.15, 0.2) is 72.8 Å². The van der Waals surface area contributed by atoms with Crippen LogP contribution in [0.3, 0.4) is 0 Å². The first-order valence-electron chi connectivity index (χ1n) is 10.6. The van der Waals surface area contributed by atoms with Crippen molar-refractivity contribution >= 4 is 28.9 Å². The minimum absolute atomic E-state index is 0.0498. The van der Waals surface area contributed by atoms with Crippen molar-refractivity contribution in [1.82, 2.24) is 0 Å². The van der Waals surface area contributed by atoms with Crippen LogP contribution in [0.4, 0.5) is 17.1 Å². The largest absolute Gasteiger partial charge is 0.273 e. The first-order chi connectivity index (χ1) is 15.9. The lowest BCUT2D eigenvalue weighted by molar-refractivity contribution is -0.384. The highest BCUT2D eigenvalue weighted by atomic mass is 16.7. The summed E-state index contributed by atoms with van der Waals surface area (Å²) < 4.78 is 0. The monoisotopic (exact) mass is 443 g/mol. The van der Waals surface area contributed by atoms with Gasteiger partial charge in [-0.05, 0) is 43.2 Å². The zero-order valence-corrected chi connectivity index (χ0v) is 18.0. The number of benzene rings is 3. The summed E-state index contributed by atoms with van der Waals surface area (Å²) in [6, 6.07) is 20.2. The molecular weight excluding hydrogens is 422 g/mol. The quantitative estimate of drug-likeness (QED) is 0.340. The molecule has 2 saturated heterocycles. The van der Waals surface area contributed by atoms with E-state index in [1.165, 1.54) is 17.0 Å². The van der Waals surface area contributed by atoms with Crippen molar-refractivity contribution in [2.24, 2.45) is 5.92 Å². The van der Waals surface area contributed by atoms with Crippen molar-refractivity contribution in [3.63, 3.8) is 0 Å². The fraction of sp³-hybridized carbons (Fsp3) is 0.200. The Kier molecular flexibility index (Phi) is 4.94. The van der Waals surface area contributed by atoms with Gasteiger partial charge in [0, 0.05) is 12.1 Å². The number of nitrogens with zero attached hydrogens (tertiary/aromatic N) is 3. The summed E-state index contributed by atoms with van der Waals surface area (Å²) >= 11 is 0. The number of aryl methyl sites for hydroxylation is 2. The molecular formula is C25H21N3O5. The number of hydrogen-bond acceptors (Lipinski definition) is 6. The fourth-order valence-electron chi connectivity index (χ4n) is 4.64. The van der Waals surface area contributed by atoms with Crippen LogP contribution in [-0.2, 0) is 14.4 Å². The molecule has 0 radical (unpaired) electrons. The Hall–Kier alpha value is -4.04. The number of rotatable bonds is 4. The van der Waals surface area contributed by atoms with Gasteiger partial charge in [0.25, 0.3) is 11.6 Å². The number of imide groups is 1. The molecule has 0 unspecified atom stereocenters. The standard InChI is InChI=1S/C25H21N3O5/c1-15-8-13-20(16(2)14-15)26-24(29)21-22(17-9-11-19(12-10-17)28(31)32)27(33-23(21)25(26)30)18-6-4-3-5-7-18/h3-14,21-23H,1-2H3/t21-,22+,23-/m1/s1. The lowest BCUT2D eigenvalue weighted by atomic mass is 9.90. The van der Waals surface area contributed by atoms with E-state index in [4.69, 9.17) is 4.84 Å². The van der Waals surface area contributed by atoms with Gasteiger partial charge in [0.05, 0.1) is 22.3 Å². The van der Waals surface area contributed by atoms with Gasteiger partial charge in [0.1, 0.15) is 5.92 Å². The predicted octanol–water partition coefficient (Wildman–Crippen LogP) is 4.26. The summed E-state index contributed by atoms with van der Waals surface area (Å²) in [6.45, 7) is 3.81. The minimum Gasteiger partial charge on any atom is -0.273 e. The number of hydrogen-bond donors (Lipinski definition) is 0. The van der Waals surface area contributed by atoms with Crippen molar-refractivity contribution in [1.29, 1.82) is 0 Å². The topological polar surface area (TPSA) is 93.0 Å². The van der Waals surface area contributed by atoms with Crippen LogP contribution >= 0.6 is 0 Å². The van der Waals surface area contributed by atoms with E-state index in [-0.39, 0.29) is 11.6 Å². The number of amides is 2. The summed E-state index contributed by atoms with van der Waals surface area (Å²) in [6.07, 6.45) is -0.987. The van der Waals surface area contributed by atoms with Gasteiger partial charge in [-0.25, -0.2) is 9.96 Å². The third-order valence-corrected chi connectivity index (χ3v) is 6.16. The highest BCUT2D eigenvalue weighted by Gasteiger charge is 2.60. The molecule has 2 aliphatic rings. The van der Waals surface area contributed by atoms with Gasteiger partial charge in [0.15, 0.2) is 6.10 Å². The second-order valence-electron chi connectivity index (χ2n) is 8.31. The molecule has 0 saturated carbocycles. The maximum absolute atomic E-state index is 13.7. The number of nitro benzene ring substituents is 1. The molecule has 0 aliphatic carbocycles. The van der Waals surface area contributed by atoms with Crippen LogP contribution in [0.25, 0.3) is 0 Å². The average molecular weight is 443 g/mol. The first kappa shape index (κ1) is 20.8. The molecule has 2 fully saturated rings. The maximum Gasteiger partial charge on any atom is 0.269 e. The van der Waals surface area contributed by atoms with E-state index in [0.29, 0.717) is 16.9 Å². The highest BCUT2D eigenvalue weighted by Crippen LogP contribution is 2.48. The van der Waals surface area contributed by atoms with Crippen LogP contribution in [0.5, 0.6) is 0 Å². The molecule has 5 rings (SSSR count). The van der Waals surface area contributed by atoms with Gasteiger partial charge in [-0.1, -0.05) is 48.0 Å². The average Bonchev–Trinajstić information content (AvgIpc) is 3.31. The number of para-hydroxylation sites is 1. The zero-order valence-electron chi connectivity index (χ0n) is 18.0. The molecule has 2 heterocycles. The fourth-order valence-corrected chi connectivity index (χ4v) is 4.64. The van der Waals surface area contributed by atoms with Gasteiger partial charge in [-0.15, -0.1) is 0 Å². The molecule has 3 aromatic rings. The second-order valence-corrected chi connectivity index (χ2v) is 8.31. The minimum atomic E-state index is -0.987. The van der Waals surface area contributed by atoms with E-state index < -0.39 is 28.9 Å². The molecule has 3 atom stereocenters. The molecule has 3 aromatic carbocycles. The first-order valence-corrected chi connectivity index (χ1v) is 10.6. The van der Waals surface area contributed by atoms with Crippen molar-refractivity contribution in [2.45, 2.75) is 26.0 Å². The lowest BCUT2D eigenvalue weighted by Crippen LogP contribution is -2.37. The number of carbonyl (C=O) groups is 2. The predicted molar refractivity (Wildman–Crippen MR) is 122 cm³/mol. The number of fused-ring (bicyclic) bond motifs is 1. The van der Waals surface area contributed by atoms with Crippen molar-refractivity contribution in [3.05, 3.63) is 99.6 Å². The summed E-state index contributed by atoms with van der Waals surface area (Å²) in [5, 5.41) is 12.7. The van der Waals surface area contributed by atoms with E-state index in [0.717, 1.165) is 11.1 Å². The molecule has 0 N–H and O–H groups in total. The van der Waals surface area contributed by atoms with Crippen LogP contribution in [0, 0.1) is 29.9 Å². The molecule has 8 heteroatoms. The molecule has 0 spiro atoms. The number of nitro groups is 1. The Balaban J connectivity index is 1.59. The van der Waals surface area contributed by atoms with Crippen LogP contribution in [0.2, 0.25) is 0 Å². The molecule has 8 nitrogen and oxygen atoms in total. The Morgan fingerprint density at radius 3 is 2.24 bits per heavy atom. The molecule has 33 heavy (non-hydrogen) atoms. The summed E-state index contributed by atoms with van der Waals surface area (Å²) in [4.78, 5) is 45.0. The normalized spacial score (nSPS) is 22.1. The van der Waals surface area contributed by atoms with Crippen LogP contribution < -0.4 is 9.96 Å². The van der Waals surface area contributed by atoms with Crippen molar-refractivity contribution in [2.75, 3.05) is 9.96 Å². The second kappa shape index (κ2) is 7.83. The van der Waals surface area contributed by atoms with Gasteiger partial charge >= 0.3 is 0 Å². The summed E-state index contributed by atoms with van der Waals surface area (Å²) in [7, 11) is 0. The third kappa shape index (κ3) is 3.35. The molecule has 2 amide bonds. The lowest BCUT2D eigenvalue weighted by Gasteiger charge is -2.29. The molecule has 2 aliphatic heterocycles. The summed E-state index contributed by atoms with van der Waals surface area (Å²) in [5.74, 6) is -1.55. The van der Waals surface area contributed by atoms with Gasteiger partial charge in [0.2, 0.25) is 5.91 Å². The molecule has 0 bridgehead atoms. The van der Waals surface area contributed by atoms with E-state index >= 15 is 0 Å². The van der Waals surface area contributed by atoms with Crippen molar-refractivity contribution < 1.29 is 19.3 Å². The smallest absolute Gasteiger partial charge is 0.269 e. The summed E-state index contributed by atoms with van der Waals surface area (Å²) in [5.41, 5.74) is 3.69. The van der Waals surface area contributed by atoms with Gasteiger partial charge in [-0.3, -0.25) is 24.5 Å². The number of carbonyl (C=O) groups excluding carboxylic acids is 2. The SMILES string of the molecule is Cc1ccc(N2C(=O)[C@H]3[C@@H](ON(c4ccccc4)[C@H]3c3ccc([N+](=O)[O-])cc3)C2=O)c(C)c1. The number of non-ortho nitro benzene ring substituents is 1. The number of hydroxylamine groups is 1. The Bertz CT molecular complexity index is 1260. The Labute approximate surface area is 190 Å². The van der Waals surface area contributed by atoms with E-state index in [9.17, 15) is 19.7 Å². The van der Waals surface area contributed by atoms with Crippen LogP contribution in [0.1, 0.15) is 22.7 Å².